The molecule has 2 N–H and O–H groups in total. The Labute approximate surface area is 123 Å². The van der Waals surface area contributed by atoms with E-state index in [1.165, 1.54) is 0 Å². The molecule has 1 aromatic rings. The van der Waals surface area contributed by atoms with Crippen LogP contribution < -0.4 is 4.72 Å². The zero-order chi connectivity index (χ0) is 14.8. The summed E-state index contributed by atoms with van der Waals surface area (Å²) < 4.78 is 26.1. The van der Waals surface area contributed by atoms with E-state index in [-0.39, 0.29) is 18.2 Å². The first-order valence-corrected chi connectivity index (χ1v) is 8.35. The van der Waals surface area contributed by atoms with Crippen molar-refractivity contribution >= 4 is 27.6 Å². The first kappa shape index (κ1) is 15.3. The average Bonchev–Trinajstić information content (AvgIpc) is 3.15. The highest BCUT2D eigenvalue weighted by Crippen LogP contribution is 2.37. The number of carboxylic acids is 1. The second-order valence-corrected chi connectivity index (χ2v) is 7.28. The first-order valence-electron chi connectivity index (χ1n) is 6.32. The molecule has 1 aromatic carbocycles. The maximum absolute atomic E-state index is 11.8. The van der Waals surface area contributed by atoms with Gasteiger partial charge in [0.15, 0.2) is 0 Å². The van der Waals surface area contributed by atoms with Gasteiger partial charge in [-0.05, 0) is 30.4 Å². The number of nitrogens with one attached hydrogen (secondary N) is 1. The van der Waals surface area contributed by atoms with Crippen molar-refractivity contribution < 1.29 is 18.3 Å². The molecule has 0 unspecified atom stereocenters. The molecular weight excluding hydrogens is 302 g/mol. The standard InChI is InChI=1S/C13H16ClNO4S/c14-12-4-2-1-3-9(12)5-6-20(18,19)15-8-10-7-11(10)13(16)17/h1-4,10-11,15H,5-8H2,(H,16,17)/t10-,11+/m0/s1. The molecule has 2 rings (SSSR count). The van der Waals surface area contributed by atoms with E-state index < -0.39 is 21.9 Å². The molecule has 110 valence electrons. The largest absolute Gasteiger partial charge is 0.481 e. The summed E-state index contributed by atoms with van der Waals surface area (Å²) in [6.07, 6.45) is 0.879. The Kier molecular flexibility index (Phi) is 4.67. The lowest BCUT2D eigenvalue weighted by molar-refractivity contribution is -0.138. The highest BCUT2D eigenvalue weighted by molar-refractivity contribution is 7.89. The van der Waals surface area contributed by atoms with Crippen molar-refractivity contribution in [3.63, 3.8) is 0 Å². The van der Waals surface area contributed by atoms with Crippen molar-refractivity contribution in [3.8, 4) is 0 Å². The zero-order valence-corrected chi connectivity index (χ0v) is 12.3. The van der Waals surface area contributed by atoms with Crippen molar-refractivity contribution in [2.24, 2.45) is 11.8 Å². The molecule has 0 radical (unpaired) electrons. The van der Waals surface area contributed by atoms with E-state index in [1.807, 2.05) is 6.07 Å². The van der Waals surface area contributed by atoms with Crippen molar-refractivity contribution in [1.82, 2.24) is 4.72 Å². The smallest absolute Gasteiger partial charge is 0.306 e. The number of carbonyl (C=O) groups is 1. The second kappa shape index (κ2) is 6.11. The third kappa shape index (κ3) is 4.19. The molecule has 1 aliphatic rings. The number of benzene rings is 1. The van der Waals surface area contributed by atoms with Gasteiger partial charge in [0.1, 0.15) is 0 Å². The van der Waals surface area contributed by atoms with Gasteiger partial charge >= 0.3 is 5.97 Å². The molecule has 2 atom stereocenters. The highest BCUT2D eigenvalue weighted by atomic mass is 35.5. The van der Waals surface area contributed by atoms with Gasteiger partial charge < -0.3 is 5.11 Å². The van der Waals surface area contributed by atoms with Crippen molar-refractivity contribution in [2.45, 2.75) is 12.8 Å². The average molecular weight is 318 g/mol. The van der Waals surface area contributed by atoms with Gasteiger partial charge in [-0.2, -0.15) is 0 Å². The van der Waals surface area contributed by atoms with Crippen LogP contribution in [0.2, 0.25) is 5.02 Å². The lowest BCUT2D eigenvalue weighted by atomic mass is 10.2. The van der Waals surface area contributed by atoms with Crippen LogP contribution >= 0.6 is 11.6 Å². The monoisotopic (exact) mass is 317 g/mol. The Morgan fingerprint density at radius 2 is 2.10 bits per heavy atom. The molecule has 0 aliphatic heterocycles. The van der Waals surface area contributed by atoms with Crippen molar-refractivity contribution in [2.75, 3.05) is 12.3 Å². The fraction of sp³-hybridized carbons (Fsp3) is 0.462. The van der Waals surface area contributed by atoms with Crippen LogP contribution in [0.25, 0.3) is 0 Å². The van der Waals surface area contributed by atoms with Gasteiger partial charge in [0.2, 0.25) is 10.0 Å². The number of aliphatic carboxylic acids is 1. The first-order chi connectivity index (χ1) is 9.39. The van der Waals surface area contributed by atoms with Gasteiger partial charge in [-0.15, -0.1) is 0 Å². The number of sulfonamides is 1. The normalized spacial score (nSPS) is 21.6. The highest BCUT2D eigenvalue weighted by Gasteiger charge is 2.43. The molecule has 0 saturated heterocycles. The molecule has 0 amide bonds. The van der Waals surface area contributed by atoms with Gasteiger partial charge in [-0.25, -0.2) is 13.1 Å². The Bertz CT molecular complexity index is 602. The van der Waals surface area contributed by atoms with Gasteiger partial charge in [0.05, 0.1) is 11.7 Å². The lowest BCUT2D eigenvalue weighted by Gasteiger charge is -2.07. The molecule has 0 aromatic heterocycles. The number of halogens is 1. The predicted molar refractivity (Wildman–Crippen MR) is 76.2 cm³/mol. The van der Waals surface area contributed by atoms with Gasteiger partial charge in [0, 0.05) is 11.6 Å². The summed E-state index contributed by atoms with van der Waals surface area (Å²) in [4.78, 5) is 10.7. The summed E-state index contributed by atoms with van der Waals surface area (Å²) in [5.74, 6) is -1.39. The molecule has 20 heavy (non-hydrogen) atoms. The summed E-state index contributed by atoms with van der Waals surface area (Å²) in [5.41, 5.74) is 0.786. The van der Waals surface area contributed by atoms with Crippen LogP contribution in [0, 0.1) is 11.8 Å². The van der Waals surface area contributed by atoms with E-state index in [4.69, 9.17) is 16.7 Å². The summed E-state index contributed by atoms with van der Waals surface area (Å²) in [6.45, 7) is 0.196. The fourth-order valence-corrected chi connectivity index (χ4v) is 3.36. The molecule has 1 aliphatic carbocycles. The number of rotatable bonds is 7. The zero-order valence-electron chi connectivity index (χ0n) is 10.8. The number of hydrogen-bond acceptors (Lipinski definition) is 3. The van der Waals surface area contributed by atoms with Crippen LogP contribution in [-0.4, -0.2) is 31.8 Å². The summed E-state index contributed by atoms with van der Waals surface area (Å²) in [6, 6.07) is 7.11. The van der Waals surface area contributed by atoms with Crippen LogP contribution in [0.3, 0.4) is 0 Å². The molecular formula is C13H16ClNO4S. The van der Waals surface area contributed by atoms with Crippen LogP contribution in [0.5, 0.6) is 0 Å². The Morgan fingerprint density at radius 1 is 1.40 bits per heavy atom. The van der Waals surface area contributed by atoms with E-state index in [9.17, 15) is 13.2 Å². The van der Waals surface area contributed by atoms with Crippen LogP contribution in [0.1, 0.15) is 12.0 Å². The molecule has 5 nitrogen and oxygen atoms in total. The molecule has 1 saturated carbocycles. The maximum Gasteiger partial charge on any atom is 0.306 e. The summed E-state index contributed by atoms with van der Waals surface area (Å²) in [7, 11) is -3.40. The van der Waals surface area contributed by atoms with Crippen LogP contribution in [0.4, 0.5) is 0 Å². The lowest BCUT2D eigenvalue weighted by Crippen LogP contribution is -2.29. The Morgan fingerprint density at radius 3 is 2.70 bits per heavy atom. The van der Waals surface area contributed by atoms with Crippen LogP contribution in [0.15, 0.2) is 24.3 Å². The second-order valence-electron chi connectivity index (χ2n) is 4.95. The molecule has 0 spiro atoms. The number of carboxylic acid groups (broad SMARTS) is 1. The van der Waals surface area contributed by atoms with E-state index in [2.05, 4.69) is 4.72 Å². The van der Waals surface area contributed by atoms with Gasteiger partial charge in [-0.1, -0.05) is 29.8 Å². The minimum Gasteiger partial charge on any atom is -0.481 e. The van der Waals surface area contributed by atoms with Gasteiger partial charge in [0.25, 0.3) is 0 Å². The predicted octanol–water partition coefficient (Wildman–Crippen LogP) is 1.52. The molecule has 0 heterocycles. The minimum absolute atomic E-state index is 0.0544. The SMILES string of the molecule is O=C(O)[C@@H]1C[C@H]1CNS(=O)(=O)CCc1ccccc1Cl. The minimum atomic E-state index is -3.40. The third-order valence-electron chi connectivity index (χ3n) is 3.40. The van der Waals surface area contributed by atoms with E-state index in [0.717, 1.165) is 5.56 Å². The Balaban J connectivity index is 1.80. The van der Waals surface area contributed by atoms with Crippen LogP contribution in [-0.2, 0) is 21.2 Å². The van der Waals surface area contributed by atoms with E-state index in [0.29, 0.717) is 17.9 Å². The summed E-state index contributed by atoms with van der Waals surface area (Å²) >= 11 is 5.96. The quantitative estimate of drug-likeness (QED) is 0.798. The third-order valence-corrected chi connectivity index (χ3v) is 5.12. The van der Waals surface area contributed by atoms with E-state index in [1.54, 1.807) is 18.2 Å². The molecule has 7 heteroatoms. The summed E-state index contributed by atoms with van der Waals surface area (Å²) in [5, 5.41) is 9.30. The fourth-order valence-electron chi connectivity index (χ4n) is 2.03. The number of aryl methyl sites for hydroxylation is 1. The topological polar surface area (TPSA) is 83.5 Å². The van der Waals surface area contributed by atoms with Crippen molar-refractivity contribution in [1.29, 1.82) is 0 Å². The van der Waals surface area contributed by atoms with Crippen molar-refractivity contribution in [3.05, 3.63) is 34.9 Å². The Hall–Kier alpha value is -1.11. The van der Waals surface area contributed by atoms with Gasteiger partial charge in [-0.3, -0.25) is 4.79 Å². The van der Waals surface area contributed by atoms with E-state index >= 15 is 0 Å². The molecule has 0 bridgehead atoms. The maximum atomic E-state index is 11.8. The molecule has 1 fully saturated rings. The number of hydrogen-bond donors (Lipinski definition) is 2.